The fraction of sp³-hybridized carbons (Fsp3) is 0.684. The van der Waals surface area contributed by atoms with E-state index >= 15 is 0 Å². The summed E-state index contributed by atoms with van der Waals surface area (Å²) in [6.07, 6.45) is 5.94. The highest BCUT2D eigenvalue weighted by Gasteiger charge is 2.22. The summed E-state index contributed by atoms with van der Waals surface area (Å²) in [6.45, 7) is 9.60. The molecule has 3 unspecified atom stereocenters. The summed E-state index contributed by atoms with van der Waals surface area (Å²) in [5.74, 6) is 0.653. The lowest BCUT2D eigenvalue weighted by atomic mass is 9.96. The van der Waals surface area contributed by atoms with Gasteiger partial charge in [0.25, 0.3) is 0 Å². The van der Waals surface area contributed by atoms with E-state index in [-0.39, 0.29) is 12.1 Å². The summed E-state index contributed by atoms with van der Waals surface area (Å²) in [5.41, 5.74) is 8.84. The van der Waals surface area contributed by atoms with Gasteiger partial charge in [0.05, 0.1) is 12.7 Å². The molecule has 0 aliphatic carbocycles. The first-order chi connectivity index (χ1) is 10.1. The van der Waals surface area contributed by atoms with Crippen molar-refractivity contribution in [3.8, 4) is 0 Å². The maximum atomic E-state index is 6.32. The van der Waals surface area contributed by atoms with Crippen molar-refractivity contribution in [1.29, 1.82) is 0 Å². The van der Waals surface area contributed by atoms with Gasteiger partial charge in [-0.25, -0.2) is 0 Å². The van der Waals surface area contributed by atoms with E-state index in [1.807, 2.05) is 0 Å². The van der Waals surface area contributed by atoms with E-state index in [0.29, 0.717) is 5.92 Å². The van der Waals surface area contributed by atoms with Crippen LogP contribution >= 0.6 is 0 Å². The number of hydrogen-bond donors (Lipinski definition) is 1. The minimum atomic E-state index is 0.0203. The molecule has 0 heterocycles. The van der Waals surface area contributed by atoms with E-state index in [0.717, 1.165) is 13.0 Å². The first kappa shape index (κ1) is 18.2. The van der Waals surface area contributed by atoms with E-state index < -0.39 is 0 Å². The minimum absolute atomic E-state index is 0.0203. The molecule has 0 bridgehead atoms. The predicted molar refractivity (Wildman–Crippen MR) is 91.4 cm³/mol. The molecular formula is C19H33NO. The molecule has 2 N–H and O–H groups in total. The summed E-state index contributed by atoms with van der Waals surface area (Å²) >= 11 is 0. The van der Waals surface area contributed by atoms with Crippen molar-refractivity contribution in [2.45, 2.75) is 71.9 Å². The Morgan fingerprint density at radius 2 is 1.81 bits per heavy atom. The number of rotatable bonds is 10. The zero-order valence-electron chi connectivity index (χ0n) is 14.3. The fourth-order valence-corrected chi connectivity index (χ4v) is 2.70. The molecule has 0 radical (unpaired) electrons. The Labute approximate surface area is 131 Å². The summed E-state index contributed by atoms with van der Waals surface area (Å²) in [5, 5.41) is 0. The highest BCUT2D eigenvalue weighted by Crippen LogP contribution is 2.27. The largest absolute Gasteiger partial charge is 0.372 e. The van der Waals surface area contributed by atoms with Gasteiger partial charge in [-0.05, 0) is 36.8 Å². The molecule has 0 amide bonds. The molecule has 0 aromatic heterocycles. The van der Waals surface area contributed by atoms with E-state index in [1.165, 1.54) is 36.8 Å². The van der Waals surface area contributed by atoms with E-state index in [2.05, 4.69) is 52.0 Å². The van der Waals surface area contributed by atoms with Crippen molar-refractivity contribution in [2.24, 2.45) is 11.7 Å². The Hall–Kier alpha value is -0.860. The third-order valence-corrected chi connectivity index (χ3v) is 4.41. The van der Waals surface area contributed by atoms with Crippen LogP contribution in [0.25, 0.3) is 0 Å². The highest BCUT2D eigenvalue weighted by molar-refractivity contribution is 5.28. The molecular weight excluding hydrogens is 258 g/mol. The van der Waals surface area contributed by atoms with Gasteiger partial charge in [-0.3, -0.25) is 0 Å². The van der Waals surface area contributed by atoms with E-state index in [1.54, 1.807) is 0 Å². The number of nitrogens with two attached hydrogens (primary N) is 1. The maximum Gasteiger partial charge on any atom is 0.0978 e. The number of unbranched alkanes of at least 4 members (excludes halogenated alkanes) is 1. The van der Waals surface area contributed by atoms with Crippen LogP contribution in [0.3, 0.4) is 0 Å². The van der Waals surface area contributed by atoms with Crippen molar-refractivity contribution in [1.82, 2.24) is 0 Å². The first-order valence-corrected chi connectivity index (χ1v) is 8.56. The van der Waals surface area contributed by atoms with Crippen LogP contribution in [0.5, 0.6) is 0 Å². The van der Waals surface area contributed by atoms with Gasteiger partial charge < -0.3 is 10.5 Å². The van der Waals surface area contributed by atoms with Crippen molar-refractivity contribution < 1.29 is 4.74 Å². The third-order valence-electron chi connectivity index (χ3n) is 4.41. The van der Waals surface area contributed by atoms with Crippen LogP contribution in [0.2, 0.25) is 0 Å². The van der Waals surface area contributed by atoms with Crippen molar-refractivity contribution >= 4 is 0 Å². The molecule has 0 saturated heterocycles. The zero-order valence-corrected chi connectivity index (χ0v) is 14.3. The van der Waals surface area contributed by atoms with Crippen LogP contribution in [0.15, 0.2) is 24.3 Å². The summed E-state index contributed by atoms with van der Waals surface area (Å²) in [4.78, 5) is 0. The Morgan fingerprint density at radius 3 is 2.38 bits per heavy atom. The Morgan fingerprint density at radius 1 is 1.10 bits per heavy atom. The van der Waals surface area contributed by atoms with Gasteiger partial charge in [0.1, 0.15) is 0 Å². The van der Waals surface area contributed by atoms with Crippen molar-refractivity contribution in [3.63, 3.8) is 0 Å². The second-order valence-corrected chi connectivity index (χ2v) is 6.10. The SMILES string of the molecule is CCCCC(CC)COC(c1ccccc1C)C(N)CC. The smallest absolute Gasteiger partial charge is 0.0978 e. The average Bonchev–Trinajstić information content (AvgIpc) is 2.51. The monoisotopic (exact) mass is 291 g/mol. The van der Waals surface area contributed by atoms with Crippen LogP contribution in [0, 0.1) is 12.8 Å². The van der Waals surface area contributed by atoms with Gasteiger partial charge in [-0.1, -0.05) is 64.3 Å². The van der Waals surface area contributed by atoms with Crippen LogP contribution in [0.4, 0.5) is 0 Å². The number of benzene rings is 1. The quantitative estimate of drug-likeness (QED) is 0.658. The summed E-state index contributed by atoms with van der Waals surface area (Å²) in [6, 6.07) is 8.51. The highest BCUT2D eigenvalue weighted by atomic mass is 16.5. The topological polar surface area (TPSA) is 35.2 Å². The Balaban J connectivity index is 2.73. The lowest BCUT2D eigenvalue weighted by molar-refractivity contribution is 0.00839. The molecule has 0 aliphatic heterocycles. The molecule has 0 spiro atoms. The minimum Gasteiger partial charge on any atom is -0.372 e. The summed E-state index contributed by atoms with van der Waals surface area (Å²) in [7, 11) is 0. The standard InChI is InChI=1S/C19H33NO/c1-5-8-12-16(6-2)14-21-19(18(20)7-3)17-13-10-9-11-15(17)4/h9-11,13,16,18-19H,5-8,12,14,20H2,1-4H3. The van der Waals surface area contributed by atoms with Crippen LogP contribution < -0.4 is 5.73 Å². The van der Waals surface area contributed by atoms with Crippen LogP contribution in [0.1, 0.15) is 70.1 Å². The number of aryl methyl sites for hydroxylation is 1. The Bertz CT molecular complexity index is 391. The van der Waals surface area contributed by atoms with Gasteiger partial charge in [0.15, 0.2) is 0 Å². The predicted octanol–water partition coefficient (Wildman–Crippen LogP) is 5.01. The molecule has 0 fully saturated rings. The van der Waals surface area contributed by atoms with Crippen molar-refractivity contribution in [2.75, 3.05) is 6.61 Å². The van der Waals surface area contributed by atoms with Gasteiger partial charge in [-0.15, -0.1) is 0 Å². The lowest BCUT2D eigenvalue weighted by Crippen LogP contribution is -2.31. The normalized spacial score (nSPS) is 15.7. The molecule has 0 aliphatic rings. The lowest BCUT2D eigenvalue weighted by Gasteiger charge is -2.27. The molecule has 1 aromatic carbocycles. The first-order valence-electron chi connectivity index (χ1n) is 8.56. The number of hydrogen-bond acceptors (Lipinski definition) is 2. The fourth-order valence-electron chi connectivity index (χ4n) is 2.70. The van der Waals surface area contributed by atoms with Gasteiger partial charge in [0.2, 0.25) is 0 Å². The third kappa shape index (κ3) is 5.80. The average molecular weight is 291 g/mol. The molecule has 120 valence electrons. The van der Waals surface area contributed by atoms with Gasteiger partial charge >= 0.3 is 0 Å². The molecule has 1 rings (SSSR count). The van der Waals surface area contributed by atoms with Crippen molar-refractivity contribution in [3.05, 3.63) is 35.4 Å². The molecule has 2 nitrogen and oxygen atoms in total. The maximum absolute atomic E-state index is 6.32. The molecule has 21 heavy (non-hydrogen) atoms. The van der Waals surface area contributed by atoms with Crippen LogP contribution in [-0.2, 0) is 4.74 Å². The van der Waals surface area contributed by atoms with E-state index in [4.69, 9.17) is 10.5 Å². The second-order valence-electron chi connectivity index (χ2n) is 6.10. The molecule has 1 aromatic rings. The zero-order chi connectivity index (χ0) is 15.7. The van der Waals surface area contributed by atoms with E-state index in [9.17, 15) is 0 Å². The molecule has 0 saturated carbocycles. The van der Waals surface area contributed by atoms with Gasteiger partial charge in [0, 0.05) is 6.04 Å². The number of ether oxygens (including phenoxy) is 1. The molecule has 3 atom stereocenters. The second kappa shape index (κ2) is 9.97. The van der Waals surface area contributed by atoms with Gasteiger partial charge in [-0.2, -0.15) is 0 Å². The summed E-state index contributed by atoms with van der Waals surface area (Å²) < 4.78 is 6.29. The van der Waals surface area contributed by atoms with Crippen LogP contribution in [-0.4, -0.2) is 12.6 Å². The molecule has 2 heteroatoms. The Kier molecular flexibility index (Phi) is 8.63.